The van der Waals surface area contributed by atoms with E-state index in [-0.39, 0.29) is 5.41 Å². The molecule has 2 aromatic heterocycles. The van der Waals surface area contributed by atoms with Crippen molar-refractivity contribution in [3.8, 4) is 27.9 Å². The van der Waals surface area contributed by atoms with Gasteiger partial charge >= 0.3 is 0 Å². The third kappa shape index (κ3) is 5.81. The Kier molecular flexibility index (Phi) is 8.17. The minimum atomic E-state index is 0.235. The van der Waals surface area contributed by atoms with Gasteiger partial charge in [0, 0.05) is 55.2 Å². The molecule has 0 saturated heterocycles. The highest BCUT2D eigenvalue weighted by Crippen LogP contribution is 2.62. The summed E-state index contributed by atoms with van der Waals surface area (Å²) in [4.78, 5) is 2.54. The van der Waals surface area contributed by atoms with Crippen molar-refractivity contribution in [2.45, 2.75) is 43.9 Å². The first kappa shape index (κ1) is 37.1. The second-order valence-corrected chi connectivity index (χ2v) is 19.5. The molecule has 0 aliphatic heterocycles. The van der Waals surface area contributed by atoms with Crippen molar-refractivity contribution in [2.75, 3.05) is 4.90 Å². The van der Waals surface area contributed by atoms with Crippen LogP contribution >= 0.6 is 0 Å². The highest BCUT2D eigenvalue weighted by Gasteiger charge is 2.52. The van der Waals surface area contributed by atoms with E-state index in [0.29, 0.717) is 0 Å². The van der Waals surface area contributed by atoms with E-state index in [9.17, 15) is 0 Å². The van der Waals surface area contributed by atoms with Crippen LogP contribution < -0.4 is 4.90 Å². The topological polar surface area (TPSA) is 21.3 Å². The lowest BCUT2D eigenvalue weighted by Crippen LogP contribution is -2.48. The Morgan fingerprint density at radius 3 is 1.88 bits per heavy atom. The Balaban J connectivity index is 0.884. The number of hydrogen-bond acceptors (Lipinski definition) is 2. The number of hydrogen-bond donors (Lipinski definition) is 0. The molecule has 0 radical (unpaired) electrons. The highest BCUT2D eigenvalue weighted by molar-refractivity contribution is 6.18. The molecule has 4 bridgehead atoms. The van der Waals surface area contributed by atoms with Crippen LogP contribution in [0.5, 0.6) is 0 Å². The Morgan fingerprint density at radius 1 is 0.462 bits per heavy atom. The molecule has 4 aliphatic rings. The van der Waals surface area contributed by atoms with E-state index >= 15 is 0 Å². The summed E-state index contributed by atoms with van der Waals surface area (Å²) in [6, 6.07) is 74.1. The van der Waals surface area contributed by atoms with E-state index in [2.05, 4.69) is 204 Å². The first-order valence-electron chi connectivity index (χ1n) is 23.7. The first-order chi connectivity index (χ1) is 32.1. The number of nitrogens with zero attached hydrogens (tertiary/aromatic N) is 2. The maximum atomic E-state index is 6.51. The average molecular weight is 837 g/mol. The minimum Gasteiger partial charge on any atom is -0.455 e. The van der Waals surface area contributed by atoms with Gasteiger partial charge in [-0.15, -0.1) is 0 Å². The quantitative estimate of drug-likeness (QED) is 0.159. The van der Waals surface area contributed by atoms with Gasteiger partial charge in [0.25, 0.3) is 0 Å². The van der Waals surface area contributed by atoms with Crippen LogP contribution in [-0.2, 0) is 5.41 Å². The smallest absolute Gasteiger partial charge is 0.143 e. The van der Waals surface area contributed by atoms with Gasteiger partial charge in [-0.3, -0.25) is 0 Å². The summed E-state index contributed by atoms with van der Waals surface area (Å²) in [7, 11) is 0. The van der Waals surface area contributed by atoms with Gasteiger partial charge in [-0.2, -0.15) is 0 Å². The number of para-hydroxylation sites is 4. The lowest BCUT2D eigenvalue weighted by Gasteiger charge is -2.57. The van der Waals surface area contributed by atoms with E-state index in [1.54, 1.807) is 0 Å². The highest BCUT2D eigenvalue weighted by atomic mass is 16.3. The summed E-state index contributed by atoms with van der Waals surface area (Å²) >= 11 is 0. The van der Waals surface area contributed by atoms with Crippen LogP contribution in [0.15, 0.2) is 205 Å². The minimum absolute atomic E-state index is 0.235. The standard InChI is InChI=1S/C62H48N2O/c1-2-14-50-44(11-1)27-32-54-52-15-3-6-20-57(52)64(60(50)54)49-13-9-12-46(36-49)43-23-28-47(29-24-43)63(58-21-7-5-19-56(58)62-37-40-33-41(38-62)35-42(34-40)39-62)48-30-25-45(26-31-48)51-17-10-18-55-53-16-4-8-22-59(53)65-61(51)55/h1-32,36,40-42H,33-35,37-39H2/t40-,41-,42?,62?/m1/s1. The van der Waals surface area contributed by atoms with Crippen LogP contribution in [0.2, 0.25) is 0 Å². The molecule has 0 atom stereocenters. The molecule has 2 heterocycles. The molecular weight excluding hydrogens is 789 g/mol. The van der Waals surface area contributed by atoms with Gasteiger partial charge in [-0.25, -0.2) is 0 Å². The maximum Gasteiger partial charge on any atom is 0.143 e. The molecule has 4 fully saturated rings. The summed E-state index contributed by atoms with van der Waals surface area (Å²) < 4.78 is 8.97. The second-order valence-electron chi connectivity index (χ2n) is 19.5. The molecule has 3 nitrogen and oxygen atoms in total. The fourth-order valence-corrected chi connectivity index (χ4v) is 13.4. The van der Waals surface area contributed by atoms with Gasteiger partial charge in [-0.05, 0) is 144 Å². The number of aromatic nitrogens is 1. The normalized spacial score (nSPS) is 20.2. The van der Waals surface area contributed by atoms with Gasteiger partial charge in [0.2, 0.25) is 0 Å². The molecule has 65 heavy (non-hydrogen) atoms. The number of anilines is 3. The molecule has 0 amide bonds. The monoisotopic (exact) mass is 836 g/mol. The SMILES string of the molecule is c1cc(-c2ccc(N(c3ccc(-c4cccc5c4oc4ccccc45)cc3)c3ccccc3C34CC5C[C@H](C3)C[C@H](C5)C4)cc2)cc(-n2c3ccccc3c3ccc4ccccc4c32)c1. The van der Waals surface area contributed by atoms with E-state index < -0.39 is 0 Å². The van der Waals surface area contributed by atoms with Crippen molar-refractivity contribution < 1.29 is 4.42 Å². The third-order valence-corrected chi connectivity index (χ3v) is 15.7. The predicted molar refractivity (Wildman–Crippen MR) is 271 cm³/mol. The second kappa shape index (κ2) is 14.3. The van der Waals surface area contributed by atoms with E-state index in [1.165, 1.54) is 105 Å². The van der Waals surface area contributed by atoms with Gasteiger partial charge in [0.1, 0.15) is 11.2 Å². The lowest BCUT2D eigenvalue weighted by atomic mass is 9.48. The largest absolute Gasteiger partial charge is 0.455 e. The van der Waals surface area contributed by atoms with Gasteiger partial charge < -0.3 is 13.9 Å². The van der Waals surface area contributed by atoms with Gasteiger partial charge in [0.05, 0.1) is 11.0 Å². The van der Waals surface area contributed by atoms with Crippen molar-refractivity contribution >= 4 is 71.6 Å². The molecule has 15 rings (SSSR count). The third-order valence-electron chi connectivity index (χ3n) is 15.7. The van der Waals surface area contributed by atoms with Crippen molar-refractivity contribution in [2.24, 2.45) is 17.8 Å². The Labute approximate surface area is 379 Å². The van der Waals surface area contributed by atoms with Crippen LogP contribution in [0.4, 0.5) is 17.1 Å². The van der Waals surface area contributed by atoms with E-state index in [1.807, 2.05) is 6.07 Å². The van der Waals surface area contributed by atoms with Crippen LogP contribution in [-0.4, -0.2) is 4.57 Å². The molecule has 0 spiro atoms. The Morgan fingerprint density at radius 2 is 1.09 bits per heavy atom. The number of fused-ring (bicyclic) bond motifs is 8. The summed E-state index contributed by atoms with van der Waals surface area (Å²) in [6.45, 7) is 0. The summed E-state index contributed by atoms with van der Waals surface area (Å²) in [6.07, 6.45) is 8.26. The summed E-state index contributed by atoms with van der Waals surface area (Å²) in [5.74, 6) is 2.58. The molecule has 11 aromatic rings. The predicted octanol–water partition coefficient (Wildman–Crippen LogP) is 17.1. The van der Waals surface area contributed by atoms with Crippen molar-refractivity contribution in [3.05, 3.63) is 206 Å². The zero-order valence-corrected chi connectivity index (χ0v) is 36.3. The van der Waals surface area contributed by atoms with Crippen molar-refractivity contribution in [1.82, 2.24) is 4.57 Å². The van der Waals surface area contributed by atoms with Crippen LogP contribution in [0.3, 0.4) is 0 Å². The number of rotatable bonds is 7. The Hall–Kier alpha value is -7.36. The van der Waals surface area contributed by atoms with Crippen LogP contribution in [0.25, 0.3) is 82.5 Å². The van der Waals surface area contributed by atoms with Crippen molar-refractivity contribution in [1.29, 1.82) is 0 Å². The summed E-state index contributed by atoms with van der Waals surface area (Å²) in [5.41, 5.74) is 15.6. The van der Waals surface area contributed by atoms with Crippen LogP contribution in [0.1, 0.15) is 44.1 Å². The maximum absolute atomic E-state index is 6.51. The molecule has 3 heteroatoms. The molecule has 4 aliphatic carbocycles. The molecule has 0 N–H and O–H groups in total. The summed E-state index contributed by atoms with van der Waals surface area (Å²) in [5, 5.41) is 7.39. The number of furan rings is 1. The fourth-order valence-electron chi connectivity index (χ4n) is 13.4. The zero-order chi connectivity index (χ0) is 42.6. The molecule has 312 valence electrons. The van der Waals surface area contributed by atoms with Crippen molar-refractivity contribution in [3.63, 3.8) is 0 Å². The molecular formula is C62H48N2O. The Bertz CT molecular complexity index is 3610. The fraction of sp³-hybridized carbons (Fsp3) is 0.161. The average Bonchev–Trinajstić information content (AvgIpc) is 3.91. The first-order valence-corrected chi connectivity index (χ1v) is 23.7. The molecule has 0 unspecified atom stereocenters. The van der Waals surface area contributed by atoms with Gasteiger partial charge in [0.15, 0.2) is 0 Å². The van der Waals surface area contributed by atoms with Gasteiger partial charge in [-0.1, -0.05) is 146 Å². The van der Waals surface area contributed by atoms with Crippen LogP contribution in [0, 0.1) is 17.8 Å². The molecule has 4 saturated carbocycles. The zero-order valence-electron chi connectivity index (χ0n) is 36.3. The number of benzene rings is 9. The van der Waals surface area contributed by atoms with E-state index in [0.717, 1.165) is 56.5 Å². The molecule has 9 aromatic carbocycles. The lowest BCUT2D eigenvalue weighted by molar-refractivity contribution is -0.00491. The van der Waals surface area contributed by atoms with E-state index in [4.69, 9.17) is 4.42 Å².